The second-order valence-electron chi connectivity index (χ2n) is 4.44. The number of carbonyl (C=O) groups excluding carboxylic acids is 2. The van der Waals surface area contributed by atoms with Crippen molar-refractivity contribution in [1.29, 1.82) is 0 Å². The van der Waals surface area contributed by atoms with Gasteiger partial charge in [0.2, 0.25) is 0 Å². The molecule has 1 aromatic rings. The number of hydrogen-bond acceptors (Lipinski definition) is 6. The van der Waals surface area contributed by atoms with E-state index in [2.05, 4.69) is 4.90 Å². The highest BCUT2D eigenvalue weighted by molar-refractivity contribution is 5.93. The molecule has 1 aromatic carbocycles. The Hall–Kier alpha value is -2.08. The van der Waals surface area contributed by atoms with Crippen molar-refractivity contribution < 1.29 is 24.2 Å². The number of ether oxygens (including phenoxy) is 2. The summed E-state index contributed by atoms with van der Waals surface area (Å²) in [7, 11) is 0. The van der Waals surface area contributed by atoms with Gasteiger partial charge in [0, 0.05) is 13.5 Å². The number of hydrogen-bond donors (Lipinski definition) is 1. The maximum Gasteiger partial charge on any atom is 0.342 e. The molecule has 0 bridgehead atoms. The summed E-state index contributed by atoms with van der Waals surface area (Å²) in [5.41, 5.74) is -0.0201. The quantitative estimate of drug-likeness (QED) is 0.611. The standard InChI is InChI=1S/C15H21NO5/c1-4-16(5-2)8-9-20-15(19)13-10-12(21-11(3)17)6-7-14(13)18/h6-7,10,18H,4-5,8-9H2,1-3H3. The second kappa shape index (κ2) is 8.26. The number of nitrogens with zero attached hydrogens (tertiary/aromatic N) is 1. The zero-order valence-electron chi connectivity index (χ0n) is 12.6. The van der Waals surface area contributed by atoms with Crippen molar-refractivity contribution >= 4 is 11.9 Å². The van der Waals surface area contributed by atoms with Gasteiger partial charge >= 0.3 is 11.9 Å². The molecule has 0 aliphatic heterocycles. The Labute approximate surface area is 124 Å². The van der Waals surface area contributed by atoms with Crippen molar-refractivity contribution in [1.82, 2.24) is 4.90 Å². The molecule has 0 aliphatic rings. The molecule has 0 radical (unpaired) electrons. The molecule has 21 heavy (non-hydrogen) atoms. The number of esters is 2. The molecule has 0 atom stereocenters. The fourth-order valence-corrected chi connectivity index (χ4v) is 1.79. The Morgan fingerprint density at radius 1 is 1.24 bits per heavy atom. The first-order chi connectivity index (χ1) is 9.97. The molecule has 116 valence electrons. The van der Waals surface area contributed by atoms with Crippen LogP contribution in [0.3, 0.4) is 0 Å². The Morgan fingerprint density at radius 3 is 2.48 bits per heavy atom. The molecule has 1 N–H and O–H groups in total. The average Bonchev–Trinajstić information content (AvgIpc) is 2.45. The number of phenols is 1. The van der Waals surface area contributed by atoms with Crippen LogP contribution < -0.4 is 4.74 Å². The Kier molecular flexibility index (Phi) is 6.68. The lowest BCUT2D eigenvalue weighted by Crippen LogP contribution is -2.27. The molecule has 0 heterocycles. The van der Waals surface area contributed by atoms with Crippen LogP contribution in [0.2, 0.25) is 0 Å². The Morgan fingerprint density at radius 2 is 1.90 bits per heavy atom. The van der Waals surface area contributed by atoms with Crippen molar-refractivity contribution in [2.45, 2.75) is 20.8 Å². The molecule has 0 saturated heterocycles. The van der Waals surface area contributed by atoms with Crippen LogP contribution in [-0.2, 0) is 9.53 Å². The van der Waals surface area contributed by atoms with Crippen LogP contribution in [0.15, 0.2) is 18.2 Å². The lowest BCUT2D eigenvalue weighted by Gasteiger charge is -2.17. The fourth-order valence-electron chi connectivity index (χ4n) is 1.79. The van der Waals surface area contributed by atoms with Gasteiger partial charge in [-0.1, -0.05) is 13.8 Å². The summed E-state index contributed by atoms with van der Waals surface area (Å²) in [6.45, 7) is 7.93. The van der Waals surface area contributed by atoms with Gasteiger partial charge in [-0.15, -0.1) is 0 Å². The summed E-state index contributed by atoms with van der Waals surface area (Å²) in [6.07, 6.45) is 0. The zero-order valence-corrected chi connectivity index (χ0v) is 12.6. The van der Waals surface area contributed by atoms with Gasteiger partial charge in [0.05, 0.1) is 0 Å². The third-order valence-corrected chi connectivity index (χ3v) is 2.98. The molecule has 0 fully saturated rings. The van der Waals surface area contributed by atoms with E-state index in [-0.39, 0.29) is 23.7 Å². The predicted molar refractivity (Wildman–Crippen MR) is 77.5 cm³/mol. The predicted octanol–water partition coefficient (Wildman–Crippen LogP) is 1.82. The third-order valence-electron chi connectivity index (χ3n) is 2.98. The van der Waals surface area contributed by atoms with Gasteiger partial charge in [-0.25, -0.2) is 4.79 Å². The molecule has 1 rings (SSSR count). The van der Waals surface area contributed by atoms with E-state index in [0.717, 1.165) is 13.1 Å². The van der Waals surface area contributed by atoms with Crippen molar-refractivity contribution in [3.63, 3.8) is 0 Å². The highest BCUT2D eigenvalue weighted by atomic mass is 16.5. The minimum Gasteiger partial charge on any atom is -0.507 e. The molecule has 0 amide bonds. The monoisotopic (exact) mass is 295 g/mol. The van der Waals surface area contributed by atoms with Crippen molar-refractivity contribution in [2.24, 2.45) is 0 Å². The summed E-state index contributed by atoms with van der Waals surface area (Å²) in [5.74, 6) is -1.16. The number of carbonyl (C=O) groups is 2. The average molecular weight is 295 g/mol. The Bertz CT molecular complexity index is 497. The number of rotatable bonds is 7. The van der Waals surface area contributed by atoms with Gasteiger partial charge in [0.25, 0.3) is 0 Å². The topological polar surface area (TPSA) is 76.1 Å². The highest BCUT2D eigenvalue weighted by Gasteiger charge is 2.15. The highest BCUT2D eigenvalue weighted by Crippen LogP contribution is 2.23. The molecule has 0 saturated carbocycles. The van der Waals surface area contributed by atoms with E-state index in [0.29, 0.717) is 6.54 Å². The van der Waals surface area contributed by atoms with Gasteiger partial charge in [-0.3, -0.25) is 4.79 Å². The van der Waals surface area contributed by atoms with E-state index in [1.165, 1.54) is 25.1 Å². The van der Waals surface area contributed by atoms with Crippen LogP contribution in [0.5, 0.6) is 11.5 Å². The van der Waals surface area contributed by atoms with Crippen molar-refractivity contribution in [3.8, 4) is 11.5 Å². The van der Waals surface area contributed by atoms with Gasteiger partial charge in [0.1, 0.15) is 23.7 Å². The van der Waals surface area contributed by atoms with Crippen molar-refractivity contribution in [3.05, 3.63) is 23.8 Å². The molecular weight excluding hydrogens is 274 g/mol. The third kappa shape index (κ3) is 5.43. The number of likely N-dealkylation sites (N-methyl/N-ethyl adjacent to an activating group) is 1. The Balaban J connectivity index is 2.66. The smallest absolute Gasteiger partial charge is 0.342 e. The largest absolute Gasteiger partial charge is 0.507 e. The van der Waals surface area contributed by atoms with E-state index in [9.17, 15) is 14.7 Å². The SMILES string of the molecule is CCN(CC)CCOC(=O)c1cc(OC(C)=O)ccc1O. The molecular formula is C15H21NO5. The van der Waals surface area contributed by atoms with Crippen LogP contribution in [0.1, 0.15) is 31.1 Å². The summed E-state index contributed by atoms with van der Waals surface area (Å²) in [6, 6.07) is 3.99. The van der Waals surface area contributed by atoms with E-state index in [1.807, 2.05) is 13.8 Å². The summed E-state index contributed by atoms with van der Waals surface area (Å²) >= 11 is 0. The molecule has 6 heteroatoms. The van der Waals surface area contributed by atoms with Gasteiger partial charge in [-0.2, -0.15) is 0 Å². The second-order valence-corrected chi connectivity index (χ2v) is 4.44. The summed E-state index contributed by atoms with van der Waals surface area (Å²) in [5, 5.41) is 9.69. The minimum absolute atomic E-state index is 0.0201. The molecule has 0 spiro atoms. The maximum absolute atomic E-state index is 11.9. The fraction of sp³-hybridized carbons (Fsp3) is 0.467. The van der Waals surface area contributed by atoms with Crippen LogP contribution >= 0.6 is 0 Å². The van der Waals surface area contributed by atoms with E-state index in [1.54, 1.807) is 0 Å². The number of benzene rings is 1. The summed E-state index contributed by atoms with van der Waals surface area (Å²) < 4.78 is 9.99. The first kappa shape index (κ1) is 17.0. The van der Waals surface area contributed by atoms with Crippen LogP contribution in [0.25, 0.3) is 0 Å². The van der Waals surface area contributed by atoms with Crippen LogP contribution in [0, 0.1) is 0 Å². The number of phenolic OH excluding ortho intramolecular Hbond substituents is 1. The molecule has 0 aliphatic carbocycles. The normalized spacial score (nSPS) is 10.5. The van der Waals surface area contributed by atoms with E-state index in [4.69, 9.17) is 9.47 Å². The van der Waals surface area contributed by atoms with Crippen molar-refractivity contribution in [2.75, 3.05) is 26.2 Å². The first-order valence-electron chi connectivity index (χ1n) is 6.88. The number of aromatic hydroxyl groups is 1. The van der Waals surface area contributed by atoms with Crippen LogP contribution in [-0.4, -0.2) is 48.2 Å². The molecule has 0 unspecified atom stereocenters. The maximum atomic E-state index is 11.9. The minimum atomic E-state index is -0.645. The van der Waals surface area contributed by atoms with E-state index < -0.39 is 11.9 Å². The molecule has 0 aromatic heterocycles. The van der Waals surface area contributed by atoms with Crippen LogP contribution in [0.4, 0.5) is 0 Å². The van der Waals surface area contributed by atoms with Gasteiger partial charge in [0.15, 0.2) is 0 Å². The lowest BCUT2D eigenvalue weighted by atomic mass is 10.2. The van der Waals surface area contributed by atoms with E-state index >= 15 is 0 Å². The zero-order chi connectivity index (χ0) is 15.8. The lowest BCUT2D eigenvalue weighted by molar-refractivity contribution is -0.131. The van der Waals surface area contributed by atoms with Gasteiger partial charge in [-0.05, 0) is 31.3 Å². The summed E-state index contributed by atoms with van der Waals surface area (Å²) in [4.78, 5) is 24.9. The van der Waals surface area contributed by atoms with Gasteiger partial charge < -0.3 is 19.5 Å². The first-order valence-corrected chi connectivity index (χ1v) is 6.88. The molecule has 6 nitrogen and oxygen atoms in total.